The Morgan fingerprint density at radius 1 is 1.35 bits per heavy atom. The predicted octanol–water partition coefficient (Wildman–Crippen LogP) is 0.488. The molecular formula is C11H15N3O3. The second-order valence-electron chi connectivity index (χ2n) is 4.26. The number of aromatic nitrogens is 2. The number of methoxy groups -OCH3 is 2. The quantitative estimate of drug-likeness (QED) is 0.713. The van der Waals surface area contributed by atoms with E-state index >= 15 is 0 Å². The van der Waals surface area contributed by atoms with Crippen LogP contribution in [0.2, 0.25) is 0 Å². The topological polar surface area (TPSA) is 64.5 Å². The molecule has 17 heavy (non-hydrogen) atoms. The monoisotopic (exact) mass is 237 g/mol. The Morgan fingerprint density at radius 3 is 2.53 bits per heavy atom. The molecule has 0 bridgehead atoms. The van der Waals surface area contributed by atoms with Crippen LogP contribution < -0.4 is 4.90 Å². The summed E-state index contributed by atoms with van der Waals surface area (Å²) in [7, 11) is 3.01. The minimum Gasteiger partial charge on any atom is -0.464 e. The van der Waals surface area contributed by atoms with Crippen molar-refractivity contribution in [2.24, 2.45) is 0 Å². The van der Waals surface area contributed by atoms with Gasteiger partial charge in [0.2, 0.25) is 0 Å². The van der Waals surface area contributed by atoms with Gasteiger partial charge >= 0.3 is 5.97 Å². The molecule has 0 aliphatic carbocycles. The van der Waals surface area contributed by atoms with E-state index in [0.29, 0.717) is 0 Å². The summed E-state index contributed by atoms with van der Waals surface area (Å²) in [5.74, 6) is 0.265. The fourth-order valence-electron chi connectivity index (χ4n) is 1.75. The lowest BCUT2D eigenvalue weighted by molar-refractivity contribution is -0.0171. The van der Waals surface area contributed by atoms with Crippen molar-refractivity contribution in [3.8, 4) is 0 Å². The minimum atomic E-state index is -0.477. The lowest BCUT2D eigenvalue weighted by Crippen LogP contribution is -2.61. The normalized spacial score (nSPS) is 17.5. The number of hydrogen-bond acceptors (Lipinski definition) is 6. The summed E-state index contributed by atoms with van der Waals surface area (Å²) in [6, 6.07) is 0. The second kappa shape index (κ2) is 4.29. The van der Waals surface area contributed by atoms with Crippen molar-refractivity contribution in [3.63, 3.8) is 0 Å². The molecule has 0 radical (unpaired) electrons. The van der Waals surface area contributed by atoms with Crippen molar-refractivity contribution in [1.29, 1.82) is 0 Å². The van der Waals surface area contributed by atoms with Crippen molar-refractivity contribution in [3.05, 3.63) is 18.1 Å². The highest BCUT2D eigenvalue weighted by Gasteiger charge is 2.39. The average Bonchev–Trinajstić information content (AvgIpc) is 2.34. The van der Waals surface area contributed by atoms with E-state index in [4.69, 9.17) is 4.74 Å². The fourth-order valence-corrected chi connectivity index (χ4v) is 1.75. The Kier molecular flexibility index (Phi) is 2.97. The average molecular weight is 237 g/mol. The molecule has 2 heterocycles. The van der Waals surface area contributed by atoms with Crippen LogP contribution in [0.3, 0.4) is 0 Å². The maximum atomic E-state index is 11.2. The van der Waals surface area contributed by atoms with Crippen molar-refractivity contribution < 1.29 is 14.3 Å². The third-order valence-corrected chi connectivity index (χ3v) is 2.90. The van der Waals surface area contributed by atoms with Crippen LogP contribution in [0.15, 0.2) is 12.4 Å². The Hall–Kier alpha value is -1.69. The smallest absolute Gasteiger partial charge is 0.358 e. The van der Waals surface area contributed by atoms with Crippen LogP contribution in [0.5, 0.6) is 0 Å². The summed E-state index contributed by atoms with van der Waals surface area (Å²) in [5, 5.41) is 0. The van der Waals surface area contributed by atoms with Gasteiger partial charge in [0.05, 0.1) is 38.2 Å². The molecule has 1 saturated heterocycles. The highest BCUT2D eigenvalue weighted by Crippen LogP contribution is 2.27. The van der Waals surface area contributed by atoms with Crippen LogP contribution in [0.4, 0.5) is 5.82 Å². The van der Waals surface area contributed by atoms with Gasteiger partial charge in [-0.15, -0.1) is 0 Å². The molecule has 0 atom stereocenters. The molecule has 0 N–H and O–H groups in total. The maximum Gasteiger partial charge on any atom is 0.358 e. The van der Waals surface area contributed by atoms with Gasteiger partial charge in [0, 0.05) is 7.11 Å². The van der Waals surface area contributed by atoms with Crippen LogP contribution in [0.1, 0.15) is 17.4 Å². The fraction of sp³-hybridized carbons (Fsp3) is 0.545. The van der Waals surface area contributed by atoms with Crippen molar-refractivity contribution in [1.82, 2.24) is 9.97 Å². The first-order valence-corrected chi connectivity index (χ1v) is 5.28. The number of nitrogens with zero attached hydrogens (tertiary/aromatic N) is 3. The number of carbonyl (C=O) groups is 1. The Morgan fingerprint density at radius 2 is 2.06 bits per heavy atom. The van der Waals surface area contributed by atoms with E-state index in [1.54, 1.807) is 13.3 Å². The van der Waals surface area contributed by atoms with Gasteiger partial charge in [0.15, 0.2) is 5.69 Å². The predicted molar refractivity (Wildman–Crippen MR) is 61.0 cm³/mol. The van der Waals surface area contributed by atoms with Gasteiger partial charge in [-0.3, -0.25) is 0 Å². The number of rotatable bonds is 3. The zero-order valence-electron chi connectivity index (χ0n) is 10.1. The molecule has 1 aliphatic rings. The molecule has 1 fully saturated rings. The highest BCUT2D eigenvalue weighted by molar-refractivity contribution is 5.86. The van der Waals surface area contributed by atoms with E-state index in [1.807, 2.05) is 11.8 Å². The van der Waals surface area contributed by atoms with E-state index in [2.05, 4.69) is 14.7 Å². The first kappa shape index (κ1) is 11.8. The molecule has 0 unspecified atom stereocenters. The third kappa shape index (κ3) is 2.21. The van der Waals surface area contributed by atoms with Gasteiger partial charge in [0.25, 0.3) is 0 Å². The number of hydrogen-bond donors (Lipinski definition) is 0. The summed E-state index contributed by atoms with van der Waals surface area (Å²) in [5.41, 5.74) is 0.106. The van der Waals surface area contributed by atoms with Gasteiger partial charge in [-0.2, -0.15) is 0 Å². The SMILES string of the molecule is COC(=O)c1cnc(N2CC(C)(OC)C2)cn1. The van der Waals surface area contributed by atoms with Crippen LogP contribution in [-0.2, 0) is 9.47 Å². The molecule has 1 aromatic heterocycles. The molecule has 1 aliphatic heterocycles. The van der Waals surface area contributed by atoms with Crippen molar-refractivity contribution >= 4 is 11.8 Å². The van der Waals surface area contributed by atoms with Crippen LogP contribution >= 0.6 is 0 Å². The van der Waals surface area contributed by atoms with Gasteiger partial charge in [-0.05, 0) is 6.92 Å². The summed E-state index contributed by atoms with van der Waals surface area (Å²) in [4.78, 5) is 21.4. The summed E-state index contributed by atoms with van der Waals surface area (Å²) in [6.07, 6.45) is 2.99. The zero-order chi connectivity index (χ0) is 12.5. The van der Waals surface area contributed by atoms with Crippen LogP contribution in [0, 0.1) is 0 Å². The van der Waals surface area contributed by atoms with Gasteiger partial charge in [-0.25, -0.2) is 14.8 Å². The maximum absolute atomic E-state index is 11.2. The molecule has 0 aromatic carbocycles. The Balaban J connectivity index is 2.03. The summed E-state index contributed by atoms with van der Waals surface area (Å²) < 4.78 is 9.89. The Labute approximate surface area is 99.6 Å². The highest BCUT2D eigenvalue weighted by atomic mass is 16.5. The number of anilines is 1. The molecule has 6 heteroatoms. The van der Waals surface area contributed by atoms with E-state index in [1.165, 1.54) is 13.3 Å². The van der Waals surface area contributed by atoms with Gasteiger partial charge < -0.3 is 14.4 Å². The lowest BCUT2D eigenvalue weighted by atomic mass is 9.97. The van der Waals surface area contributed by atoms with Crippen LogP contribution in [0.25, 0.3) is 0 Å². The summed E-state index contributed by atoms with van der Waals surface area (Å²) in [6.45, 7) is 3.59. The standard InChI is InChI=1S/C11H15N3O3/c1-11(17-3)6-14(7-11)9-5-12-8(4-13-9)10(15)16-2/h4-5H,6-7H2,1-3H3. The molecule has 2 rings (SSSR count). The second-order valence-corrected chi connectivity index (χ2v) is 4.26. The Bertz CT molecular complexity index is 412. The van der Waals surface area contributed by atoms with Gasteiger partial charge in [-0.1, -0.05) is 0 Å². The van der Waals surface area contributed by atoms with E-state index in [9.17, 15) is 4.79 Å². The van der Waals surface area contributed by atoms with Crippen LogP contribution in [-0.4, -0.2) is 48.8 Å². The third-order valence-electron chi connectivity index (χ3n) is 2.90. The van der Waals surface area contributed by atoms with E-state index < -0.39 is 5.97 Å². The van der Waals surface area contributed by atoms with E-state index in [0.717, 1.165) is 18.9 Å². The number of carbonyl (C=O) groups excluding carboxylic acids is 1. The molecule has 0 amide bonds. The first-order chi connectivity index (χ1) is 8.08. The first-order valence-electron chi connectivity index (χ1n) is 5.28. The largest absolute Gasteiger partial charge is 0.464 e. The van der Waals surface area contributed by atoms with Gasteiger partial charge in [0.1, 0.15) is 5.82 Å². The minimum absolute atomic E-state index is 0.108. The van der Waals surface area contributed by atoms with E-state index in [-0.39, 0.29) is 11.3 Å². The van der Waals surface area contributed by atoms with Crippen molar-refractivity contribution in [2.45, 2.75) is 12.5 Å². The molecule has 0 saturated carbocycles. The molecule has 92 valence electrons. The number of esters is 1. The summed E-state index contributed by atoms with van der Waals surface area (Å²) >= 11 is 0. The molecule has 1 aromatic rings. The molecule has 6 nitrogen and oxygen atoms in total. The lowest BCUT2D eigenvalue weighted by Gasteiger charge is -2.47. The number of ether oxygens (including phenoxy) is 2. The van der Waals surface area contributed by atoms with Crippen molar-refractivity contribution in [2.75, 3.05) is 32.2 Å². The molecule has 0 spiro atoms. The molecular weight excluding hydrogens is 222 g/mol. The zero-order valence-corrected chi connectivity index (χ0v) is 10.1.